The summed E-state index contributed by atoms with van der Waals surface area (Å²) >= 11 is 1.66. The number of thioether (sulfide) groups is 1. The number of carbonyl (C=O) groups is 1. The Morgan fingerprint density at radius 1 is 1.21 bits per heavy atom. The van der Waals surface area contributed by atoms with E-state index in [-0.39, 0.29) is 36.8 Å². The van der Waals surface area contributed by atoms with Crippen molar-refractivity contribution in [3.05, 3.63) is 66.1 Å². The predicted molar refractivity (Wildman–Crippen MR) is 123 cm³/mol. The molecule has 1 aromatic carbocycles. The molecule has 3 heterocycles. The highest BCUT2D eigenvalue weighted by molar-refractivity contribution is 7.98. The van der Waals surface area contributed by atoms with Crippen LogP contribution in [0.25, 0.3) is 5.65 Å². The molecule has 1 aliphatic heterocycles. The molecule has 1 aliphatic rings. The number of aromatic nitrogens is 2. The second-order valence-corrected chi connectivity index (χ2v) is 8.14. The van der Waals surface area contributed by atoms with E-state index in [1.807, 2.05) is 64.2 Å². The Balaban J connectivity index is 0.00000150. The topological polar surface area (TPSA) is 63.6 Å². The molecular weight excluding hydrogens is 427 g/mol. The fraction of sp³-hybridized carbons (Fsp3) is 0.333. The Labute approximate surface area is 187 Å². The lowest BCUT2D eigenvalue weighted by Gasteiger charge is -2.22. The van der Waals surface area contributed by atoms with Gasteiger partial charge in [-0.05, 0) is 50.1 Å². The molecule has 2 aromatic heterocycles. The lowest BCUT2D eigenvalue weighted by Crippen LogP contribution is -2.34. The summed E-state index contributed by atoms with van der Waals surface area (Å²) in [7, 11) is 0. The van der Waals surface area contributed by atoms with Crippen LogP contribution >= 0.6 is 36.6 Å². The predicted octanol–water partition coefficient (Wildman–Crippen LogP) is 4.28. The highest BCUT2D eigenvalue weighted by atomic mass is 35.5. The summed E-state index contributed by atoms with van der Waals surface area (Å²) < 4.78 is 2.02. The minimum atomic E-state index is 0. The maximum atomic E-state index is 13.1. The van der Waals surface area contributed by atoms with Crippen LogP contribution in [0.1, 0.15) is 29.4 Å². The number of imidazole rings is 1. The number of halogens is 2. The molecule has 2 unspecified atom stereocenters. The lowest BCUT2D eigenvalue weighted by molar-refractivity contribution is 0.0740. The van der Waals surface area contributed by atoms with Gasteiger partial charge in [0.05, 0.1) is 11.3 Å². The van der Waals surface area contributed by atoms with Crippen molar-refractivity contribution >= 4 is 48.1 Å². The van der Waals surface area contributed by atoms with E-state index < -0.39 is 0 Å². The lowest BCUT2D eigenvalue weighted by atomic mass is 10.1. The number of carbonyl (C=O) groups excluding carboxylic acids is 1. The van der Waals surface area contributed by atoms with Gasteiger partial charge in [0, 0.05) is 35.6 Å². The van der Waals surface area contributed by atoms with Crippen molar-refractivity contribution in [2.75, 3.05) is 13.1 Å². The molecule has 5 nitrogen and oxygen atoms in total. The number of pyridine rings is 1. The van der Waals surface area contributed by atoms with Crippen LogP contribution in [0.15, 0.2) is 59.8 Å². The Kier molecular flexibility index (Phi) is 8.40. The Morgan fingerprint density at radius 3 is 2.69 bits per heavy atom. The third-order valence-electron chi connectivity index (χ3n) is 5.16. The molecule has 0 saturated carbocycles. The zero-order valence-electron chi connectivity index (χ0n) is 16.2. The molecule has 156 valence electrons. The average Bonchev–Trinajstić information content (AvgIpc) is 3.28. The van der Waals surface area contributed by atoms with Gasteiger partial charge in [-0.2, -0.15) is 0 Å². The van der Waals surface area contributed by atoms with Crippen molar-refractivity contribution < 1.29 is 4.79 Å². The van der Waals surface area contributed by atoms with Crippen molar-refractivity contribution in [2.45, 2.75) is 30.0 Å². The number of nitrogens with zero attached hydrogens (tertiary/aromatic N) is 3. The summed E-state index contributed by atoms with van der Waals surface area (Å²) in [6, 6.07) is 14.1. The highest BCUT2D eigenvalue weighted by Crippen LogP contribution is 2.30. The maximum absolute atomic E-state index is 13.1. The number of benzene rings is 1. The summed E-state index contributed by atoms with van der Waals surface area (Å²) in [6.45, 7) is 3.50. The van der Waals surface area contributed by atoms with Crippen LogP contribution in [-0.2, 0) is 5.75 Å². The third kappa shape index (κ3) is 5.07. The van der Waals surface area contributed by atoms with Crippen LogP contribution in [0.2, 0.25) is 0 Å². The molecule has 3 aromatic rings. The van der Waals surface area contributed by atoms with Crippen molar-refractivity contribution in [3.8, 4) is 0 Å². The van der Waals surface area contributed by atoms with Gasteiger partial charge in [-0.1, -0.05) is 18.2 Å². The maximum Gasteiger partial charge on any atom is 0.255 e. The number of rotatable bonds is 5. The first-order valence-corrected chi connectivity index (χ1v) is 10.3. The molecule has 1 fully saturated rings. The standard InChI is InChI=1S/C21H24N4OS.2ClH/c1-15-10-16(11-22)12-25(15)21(26)18-6-2-3-7-19(18)27-14-17-13-24-9-5-4-8-20(24)23-17;;/h2-9,13,15-16H,10-12,14,22H2,1H3;2*1H. The van der Waals surface area contributed by atoms with E-state index in [0.717, 1.165) is 40.5 Å². The number of hydrogen-bond acceptors (Lipinski definition) is 4. The van der Waals surface area contributed by atoms with Gasteiger partial charge in [0.2, 0.25) is 0 Å². The molecule has 0 radical (unpaired) electrons. The van der Waals surface area contributed by atoms with Crippen molar-refractivity contribution in [2.24, 2.45) is 11.7 Å². The van der Waals surface area contributed by atoms with Gasteiger partial charge in [0.15, 0.2) is 0 Å². The number of amides is 1. The smallest absolute Gasteiger partial charge is 0.255 e. The number of nitrogens with two attached hydrogens (primary N) is 1. The molecule has 0 spiro atoms. The molecule has 29 heavy (non-hydrogen) atoms. The number of likely N-dealkylation sites (tertiary alicyclic amines) is 1. The van der Waals surface area contributed by atoms with Crippen LogP contribution in [-0.4, -0.2) is 39.3 Å². The zero-order valence-corrected chi connectivity index (χ0v) is 18.7. The monoisotopic (exact) mass is 452 g/mol. The van der Waals surface area contributed by atoms with Crippen LogP contribution in [0.3, 0.4) is 0 Å². The normalized spacial score (nSPS) is 18.3. The molecule has 8 heteroatoms. The third-order valence-corrected chi connectivity index (χ3v) is 6.27. The second kappa shape index (κ2) is 10.3. The minimum absolute atomic E-state index is 0. The summed E-state index contributed by atoms with van der Waals surface area (Å²) in [5.41, 5.74) is 8.54. The molecule has 4 rings (SSSR count). The molecule has 2 atom stereocenters. The first-order valence-electron chi connectivity index (χ1n) is 9.31. The van der Waals surface area contributed by atoms with E-state index in [1.165, 1.54) is 0 Å². The molecule has 1 amide bonds. The fourth-order valence-electron chi connectivity index (χ4n) is 3.73. The molecule has 0 bridgehead atoms. The van der Waals surface area contributed by atoms with Crippen LogP contribution < -0.4 is 5.73 Å². The van der Waals surface area contributed by atoms with Crippen molar-refractivity contribution in [1.29, 1.82) is 0 Å². The van der Waals surface area contributed by atoms with Gasteiger partial charge >= 0.3 is 0 Å². The van der Waals surface area contributed by atoms with Gasteiger partial charge < -0.3 is 15.0 Å². The SMILES string of the molecule is CC1CC(CN)CN1C(=O)c1ccccc1SCc1cn2ccccc2n1.Cl.Cl. The summed E-state index contributed by atoms with van der Waals surface area (Å²) in [6.07, 6.45) is 5.02. The number of fused-ring (bicyclic) bond motifs is 1. The minimum Gasteiger partial charge on any atom is -0.336 e. The van der Waals surface area contributed by atoms with Gasteiger partial charge in [-0.25, -0.2) is 4.98 Å². The van der Waals surface area contributed by atoms with Crippen LogP contribution in [0.5, 0.6) is 0 Å². The van der Waals surface area contributed by atoms with E-state index >= 15 is 0 Å². The highest BCUT2D eigenvalue weighted by Gasteiger charge is 2.32. The second-order valence-electron chi connectivity index (χ2n) is 7.13. The average molecular weight is 453 g/mol. The van der Waals surface area contributed by atoms with E-state index in [1.54, 1.807) is 11.8 Å². The Hall–Kier alpha value is -1.73. The van der Waals surface area contributed by atoms with Crippen molar-refractivity contribution in [1.82, 2.24) is 14.3 Å². The van der Waals surface area contributed by atoms with E-state index in [0.29, 0.717) is 12.5 Å². The van der Waals surface area contributed by atoms with Gasteiger partial charge in [-0.3, -0.25) is 4.79 Å². The summed E-state index contributed by atoms with van der Waals surface area (Å²) in [4.78, 5) is 20.8. The fourth-order valence-corrected chi connectivity index (χ4v) is 4.66. The molecule has 2 N–H and O–H groups in total. The number of hydrogen-bond donors (Lipinski definition) is 1. The van der Waals surface area contributed by atoms with E-state index in [4.69, 9.17) is 5.73 Å². The van der Waals surface area contributed by atoms with E-state index in [2.05, 4.69) is 11.9 Å². The Bertz CT molecular complexity index is 932. The largest absolute Gasteiger partial charge is 0.336 e. The van der Waals surface area contributed by atoms with Crippen LogP contribution in [0, 0.1) is 5.92 Å². The molecule has 0 aliphatic carbocycles. The Morgan fingerprint density at radius 2 is 1.97 bits per heavy atom. The van der Waals surface area contributed by atoms with Gasteiger partial charge in [0.25, 0.3) is 5.91 Å². The van der Waals surface area contributed by atoms with Gasteiger partial charge in [-0.15, -0.1) is 36.6 Å². The summed E-state index contributed by atoms with van der Waals surface area (Å²) in [5, 5.41) is 0. The first-order chi connectivity index (χ1) is 13.2. The molecule has 1 saturated heterocycles. The first kappa shape index (κ1) is 23.5. The van der Waals surface area contributed by atoms with Crippen molar-refractivity contribution in [3.63, 3.8) is 0 Å². The molecular formula is C21H26Cl2N4OS. The van der Waals surface area contributed by atoms with Gasteiger partial charge in [0.1, 0.15) is 5.65 Å². The van der Waals surface area contributed by atoms with Crippen LogP contribution in [0.4, 0.5) is 0 Å². The zero-order chi connectivity index (χ0) is 18.8. The van der Waals surface area contributed by atoms with E-state index in [9.17, 15) is 4.79 Å². The summed E-state index contributed by atoms with van der Waals surface area (Å²) in [5.74, 6) is 1.24. The quantitative estimate of drug-likeness (QED) is 0.586.